The van der Waals surface area contributed by atoms with Gasteiger partial charge in [0.15, 0.2) is 0 Å². The van der Waals surface area contributed by atoms with Gasteiger partial charge in [-0.2, -0.15) is 0 Å². The lowest BCUT2D eigenvalue weighted by atomic mass is 9.86. The Bertz CT molecular complexity index is 887. The maximum atomic E-state index is 5.35. The van der Waals surface area contributed by atoms with Gasteiger partial charge in [-0.25, -0.2) is 0 Å². The van der Waals surface area contributed by atoms with Gasteiger partial charge in [0.2, 0.25) is 0 Å². The van der Waals surface area contributed by atoms with Crippen LogP contribution in [0.1, 0.15) is 57.2 Å². The second-order valence-electron chi connectivity index (χ2n) is 8.20. The normalized spacial score (nSPS) is 15.7. The lowest BCUT2D eigenvalue weighted by Crippen LogP contribution is -2.02. The first-order valence-electron chi connectivity index (χ1n) is 9.82. The first kappa shape index (κ1) is 19.2. The van der Waals surface area contributed by atoms with Gasteiger partial charge >= 0.3 is 0 Å². The SMILES string of the molecule is CCC/C=C(/C1=Cc2ccccc2/C1=C/C(C)(C)C)c1ccc(OC)cc1. The van der Waals surface area contributed by atoms with Crippen molar-refractivity contribution in [2.45, 2.75) is 40.5 Å². The summed E-state index contributed by atoms with van der Waals surface area (Å²) in [6.07, 6.45) is 9.35. The van der Waals surface area contributed by atoms with Crippen molar-refractivity contribution < 1.29 is 4.74 Å². The van der Waals surface area contributed by atoms with Crippen LogP contribution >= 0.6 is 0 Å². The maximum Gasteiger partial charge on any atom is 0.118 e. The van der Waals surface area contributed by atoms with E-state index in [0.29, 0.717) is 0 Å². The molecule has 27 heavy (non-hydrogen) atoms. The number of benzene rings is 2. The zero-order valence-corrected chi connectivity index (χ0v) is 17.2. The second kappa shape index (κ2) is 8.00. The smallest absolute Gasteiger partial charge is 0.118 e. The topological polar surface area (TPSA) is 9.23 Å². The molecule has 0 aromatic heterocycles. The van der Waals surface area contributed by atoms with Crippen LogP contribution in [0.4, 0.5) is 0 Å². The summed E-state index contributed by atoms with van der Waals surface area (Å²) in [6.45, 7) is 9.02. The molecule has 0 N–H and O–H groups in total. The summed E-state index contributed by atoms with van der Waals surface area (Å²) in [7, 11) is 1.71. The molecule has 0 aliphatic heterocycles. The van der Waals surface area contributed by atoms with Crippen LogP contribution in [-0.2, 0) is 0 Å². The molecule has 0 saturated carbocycles. The Hall–Kier alpha value is -2.54. The van der Waals surface area contributed by atoms with E-state index in [0.717, 1.165) is 18.6 Å². The van der Waals surface area contributed by atoms with E-state index in [1.165, 1.54) is 33.4 Å². The molecule has 140 valence electrons. The zero-order valence-electron chi connectivity index (χ0n) is 17.2. The molecular weight excluding hydrogens is 328 g/mol. The van der Waals surface area contributed by atoms with E-state index in [1.807, 2.05) is 12.1 Å². The van der Waals surface area contributed by atoms with Crippen molar-refractivity contribution in [1.82, 2.24) is 0 Å². The van der Waals surface area contributed by atoms with Crippen LogP contribution < -0.4 is 4.74 Å². The molecule has 0 heterocycles. The molecule has 1 heteroatoms. The third-order valence-corrected chi connectivity index (χ3v) is 4.75. The molecule has 0 radical (unpaired) electrons. The lowest BCUT2D eigenvalue weighted by molar-refractivity contribution is 0.415. The summed E-state index contributed by atoms with van der Waals surface area (Å²) in [6, 6.07) is 17.1. The van der Waals surface area contributed by atoms with Gasteiger partial charge in [-0.1, -0.05) is 82.7 Å². The third kappa shape index (κ3) is 4.42. The van der Waals surface area contributed by atoms with E-state index in [1.54, 1.807) is 7.11 Å². The first-order valence-corrected chi connectivity index (χ1v) is 9.82. The Balaban J connectivity index is 2.14. The van der Waals surface area contributed by atoms with Crippen molar-refractivity contribution in [1.29, 1.82) is 0 Å². The fourth-order valence-electron chi connectivity index (χ4n) is 3.50. The van der Waals surface area contributed by atoms with Crippen LogP contribution in [0.15, 0.2) is 66.3 Å². The van der Waals surface area contributed by atoms with Crippen LogP contribution in [0.3, 0.4) is 0 Å². The number of unbranched alkanes of at least 4 members (excludes halogenated alkanes) is 1. The molecule has 3 rings (SSSR count). The monoisotopic (exact) mass is 358 g/mol. The average molecular weight is 359 g/mol. The Morgan fingerprint density at radius 3 is 2.33 bits per heavy atom. The Morgan fingerprint density at radius 2 is 1.70 bits per heavy atom. The van der Waals surface area contributed by atoms with Gasteiger partial charge in [-0.05, 0) is 63.5 Å². The van der Waals surface area contributed by atoms with Crippen LogP contribution in [0.25, 0.3) is 17.2 Å². The highest BCUT2D eigenvalue weighted by Gasteiger charge is 2.24. The molecule has 1 nitrogen and oxygen atoms in total. The van der Waals surface area contributed by atoms with Crippen molar-refractivity contribution in [3.8, 4) is 5.75 Å². The van der Waals surface area contributed by atoms with Gasteiger partial charge in [-0.3, -0.25) is 0 Å². The van der Waals surface area contributed by atoms with E-state index in [4.69, 9.17) is 4.74 Å². The van der Waals surface area contributed by atoms with Gasteiger partial charge in [0, 0.05) is 0 Å². The van der Waals surface area contributed by atoms with Crippen LogP contribution in [-0.4, -0.2) is 7.11 Å². The molecule has 1 aliphatic rings. The second-order valence-corrected chi connectivity index (χ2v) is 8.20. The summed E-state index contributed by atoms with van der Waals surface area (Å²) in [5.74, 6) is 0.891. The van der Waals surface area contributed by atoms with Gasteiger partial charge in [0.25, 0.3) is 0 Å². The number of methoxy groups -OCH3 is 1. The average Bonchev–Trinajstić information content (AvgIpc) is 2.99. The standard InChI is InChI=1S/C26H30O/c1-6-7-11-22(19-13-15-21(27-5)16-14-19)24-17-20-10-8-9-12-23(20)25(24)18-26(2,3)4/h8-18H,6-7H2,1-5H3/b22-11+,25-18-. The number of ether oxygens (including phenoxy) is 1. The molecule has 0 spiro atoms. The van der Waals surface area contributed by atoms with Gasteiger partial charge < -0.3 is 4.74 Å². The molecule has 0 atom stereocenters. The van der Waals surface area contributed by atoms with Gasteiger partial charge in [0.1, 0.15) is 5.75 Å². The minimum absolute atomic E-state index is 0.113. The minimum Gasteiger partial charge on any atom is -0.497 e. The summed E-state index contributed by atoms with van der Waals surface area (Å²) in [5, 5.41) is 0. The molecule has 0 unspecified atom stereocenters. The number of rotatable bonds is 5. The Kier molecular flexibility index (Phi) is 5.70. The number of hydrogen-bond acceptors (Lipinski definition) is 1. The highest BCUT2D eigenvalue weighted by Crippen LogP contribution is 2.44. The van der Waals surface area contributed by atoms with Crippen molar-refractivity contribution >= 4 is 17.2 Å². The molecule has 2 aromatic carbocycles. The van der Waals surface area contributed by atoms with Crippen LogP contribution in [0, 0.1) is 5.41 Å². The fraction of sp³-hybridized carbons (Fsp3) is 0.308. The molecule has 1 aliphatic carbocycles. The third-order valence-electron chi connectivity index (χ3n) is 4.75. The molecular formula is C26H30O. The summed E-state index contributed by atoms with van der Waals surface area (Å²) < 4.78 is 5.35. The summed E-state index contributed by atoms with van der Waals surface area (Å²) in [4.78, 5) is 0. The predicted octanol–water partition coefficient (Wildman–Crippen LogP) is 7.41. The quantitative estimate of drug-likeness (QED) is 0.541. The van der Waals surface area contributed by atoms with Crippen LogP contribution in [0.2, 0.25) is 0 Å². The largest absolute Gasteiger partial charge is 0.497 e. The zero-order chi connectivity index (χ0) is 19.4. The molecule has 0 saturated heterocycles. The van der Waals surface area contributed by atoms with E-state index >= 15 is 0 Å². The molecule has 0 amide bonds. The van der Waals surface area contributed by atoms with Crippen molar-refractivity contribution in [2.75, 3.05) is 7.11 Å². The lowest BCUT2D eigenvalue weighted by Gasteiger charge is -2.19. The summed E-state index contributed by atoms with van der Waals surface area (Å²) >= 11 is 0. The Labute approximate surface area is 164 Å². The fourth-order valence-corrected chi connectivity index (χ4v) is 3.50. The van der Waals surface area contributed by atoms with Crippen molar-refractivity contribution in [3.05, 3.63) is 82.9 Å². The molecule has 0 bridgehead atoms. The minimum atomic E-state index is 0.113. The predicted molar refractivity (Wildman–Crippen MR) is 118 cm³/mol. The molecule has 0 fully saturated rings. The van der Waals surface area contributed by atoms with E-state index in [9.17, 15) is 0 Å². The highest BCUT2D eigenvalue weighted by atomic mass is 16.5. The number of hydrogen-bond donors (Lipinski definition) is 0. The van der Waals surface area contributed by atoms with Crippen molar-refractivity contribution in [2.24, 2.45) is 5.41 Å². The van der Waals surface area contributed by atoms with Crippen LogP contribution in [0.5, 0.6) is 5.75 Å². The van der Waals surface area contributed by atoms with E-state index in [2.05, 4.69) is 82.3 Å². The number of allylic oxidation sites excluding steroid dienone is 5. The number of fused-ring (bicyclic) bond motifs is 1. The van der Waals surface area contributed by atoms with Gasteiger partial charge in [-0.15, -0.1) is 0 Å². The highest BCUT2D eigenvalue weighted by molar-refractivity contribution is 6.08. The van der Waals surface area contributed by atoms with Crippen molar-refractivity contribution in [3.63, 3.8) is 0 Å². The molecule has 2 aromatic rings. The first-order chi connectivity index (χ1) is 12.9. The van der Waals surface area contributed by atoms with E-state index < -0.39 is 0 Å². The van der Waals surface area contributed by atoms with E-state index in [-0.39, 0.29) is 5.41 Å². The van der Waals surface area contributed by atoms with Gasteiger partial charge in [0.05, 0.1) is 7.11 Å². The Morgan fingerprint density at radius 1 is 1.00 bits per heavy atom. The maximum absolute atomic E-state index is 5.35. The summed E-state index contributed by atoms with van der Waals surface area (Å²) in [5.41, 5.74) is 7.97.